The van der Waals surface area contributed by atoms with Crippen molar-refractivity contribution in [3.05, 3.63) is 86.4 Å². The van der Waals surface area contributed by atoms with Crippen LogP contribution in [0.25, 0.3) is 0 Å². The molecule has 0 bridgehead atoms. The van der Waals surface area contributed by atoms with Crippen LogP contribution >= 0.6 is 15.9 Å². The number of nitro groups is 1. The highest BCUT2D eigenvalue weighted by molar-refractivity contribution is 9.10. The number of anilines is 1. The van der Waals surface area contributed by atoms with Crippen molar-refractivity contribution in [1.82, 2.24) is 4.31 Å². The summed E-state index contributed by atoms with van der Waals surface area (Å²) in [6.45, 7) is 1.94. The predicted octanol–water partition coefficient (Wildman–Crippen LogP) is 4.52. The molecule has 0 aromatic heterocycles. The Labute approximate surface area is 222 Å². The number of rotatable bonds is 8. The van der Waals surface area contributed by atoms with Crippen LogP contribution in [0.2, 0.25) is 0 Å². The molecule has 4 rings (SSSR count). The second-order valence-corrected chi connectivity index (χ2v) is 11.0. The average molecular weight is 590 g/mol. The van der Waals surface area contributed by atoms with E-state index in [1.54, 1.807) is 25.1 Å². The molecule has 37 heavy (non-hydrogen) atoms. The van der Waals surface area contributed by atoms with Gasteiger partial charge in [-0.2, -0.15) is 4.31 Å². The van der Waals surface area contributed by atoms with Crippen molar-refractivity contribution in [1.29, 1.82) is 0 Å². The van der Waals surface area contributed by atoms with Crippen LogP contribution in [-0.2, 0) is 27.8 Å². The Kier molecular flexibility index (Phi) is 7.81. The summed E-state index contributed by atoms with van der Waals surface area (Å²) in [6.07, 6.45) is 0.0865. The van der Waals surface area contributed by atoms with Crippen molar-refractivity contribution < 1.29 is 27.6 Å². The quantitative estimate of drug-likeness (QED) is 0.302. The first-order valence-electron chi connectivity index (χ1n) is 11.3. The van der Waals surface area contributed by atoms with Crippen LogP contribution in [0, 0.1) is 10.1 Å². The lowest BCUT2D eigenvalue weighted by atomic mass is 9.95. The van der Waals surface area contributed by atoms with Gasteiger partial charge in [-0.15, -0.1) is 0 Å². The van der Waals surface area contributed by atoms with Crippen molar-refractivity contribution >= 4 is 43.2 Å². The van der Waals surface area contributed by atoms with Crippen LogP contribution in [-0.4, -0.2) is 43.3 Å². The van der Waals surface area contributed by atoms with Crippen LogP contribution in [0.4, 0.5) is 11.4 Å². The first-order chi connectivity index (χ1) is 17.6. The molecule has 0 spiro atoms. The Hall–Kier alpha value is -3.48. The zero-order valence-corrected chi connectivity index (χ0v) is 22.4. The molecular formula is C25H24BrN3O7S. The van der Waals surface area contributed by atoms with E-state index in [2.05, 4.69) is 21.2 Å². The van der Waals surface area contributed by atoms with E-state index < -0.39 is 26.9 Å². The molecule has 12 heteroatoms. The van der Waals surface area contributed by atoms with E-state index in [-0.39, 0.29) is 47.3 Å². The molecule has 10 nitrogen and oxygen atoms in total. The molecule has 0 radical (unpaired) electrons. The molecule has 1 atom stereocenters. The highest BCUT2D eigenvalue weighted by Gasteiger charge is 2.41. The number of methoxy groups -OCH3 is 1. The summed E-state index contributed by atoms with van der Waals surface area (Å²) in [5, 5.41) is 14.2. The van der Waals surface area contributed by atoms with Gasteiger partial charge in [0.1, 0.15) is 28.1 Å². The van der Waals surface area contributed by atoms with E-state index in [0.717, 1.165) is 15.4 Å². The van der Waals surface area contributed by atoms with Gasteiger partial charge in [0.2, 0.25) is 15.9 Å². The number of halogens is 1. The van der Waals surface area contributed by atoms with Crippen molar-refractivity contribution in [3.8, 4) is 11.5 Å². The van der Waals surface area contributed by atoms with Crippen molar-refractivity contribution in [2.45, 2.75) is 30.8 Å². The summed E-state index contributed by atoms with van der Waals surface area (Å²) in [5.74, 6) is -0.285. The number of nitrogens with zero attached hydrogens (tertiary/aromatic N) is 2. The summed E-state index contributed by atoms with van der Waals surface area (Å²) >= 11 is 3.32. The number of carbonyl (C=O) groups is 1. The Morgan fingerprint density at radius 3 is 2.57 bits per heavy atom. The first kappa shape index (κ1) is 26.6. The van der Waals surface area contributed by atoms with Gasteiger partial charge in [-0.1, -0.05) is 40.2 Å². The van der Waals surface area contributed by atoms with Crippen molar-refractivity contribution in [3.63, 3.8) is 0 Å². The minimum Gasteiger partial charge on any atom is -0.496 e. The van der Waals surface area contributed by atoms with Crippen LogP contribution < -0.4 is 14.8 Å². The Bertz CT molecular complexity index is 1460. The molecule has 194 valence electrons. The monoisotopic (exact) mass is 589 g/mol. The third-order valence-electron chi connectivity index (χ3n) is 5.96. The Morgan fingerprint density at radius 1 is 1.16 bits per heavy atom. The minimum atomic E-state index is -4.24. The molecular weight excluding hydrogens is 566 g/mol. The second-order valence-electron chi connectivity index (χ2n) is 8.19. The van der Waals surface area contributed by atoms with Gasteiger partial charge in [-0.3, -0.25) is 14.9 Å². The third-order valence-corrected chi connectivity index (χ3v) is 8.33. The van der Waals surface area contributed by atoms with Crippen LogP contribution in [0.5, 0.6) is 11.5 Å². The topological polar surface area (TPSA) is 128 Å². The third kappa shape index (κ3) is 5.45. The van der Waals surface area contributed by atoms with E-state index in [9.17, 15) is 23.3 Å². The van der Waals surface area contributed by atoms with Crippen LogP contribution in [0.3, 0.4) is 0 Å². The van der Waals surface area contributed by atoms with E-state index in [4.69, 9.17) is 9.47 Å². The molecule has 3 aromatic carbocycles. The molecule has 1 N–H and O–H groups in total. The number of amides is 1. The maximum Gasteiger partial charge on any atom is 0.296 e. The van der Waals surface area contributed by atoms with E-state index in [0.29, 0.717) is 4.47 Å². The highest BCUT2D eigenvalue weighted by Crippen LogP contribution is 2.36. The molecule has 3 aromatic rings. The van der Waals surface area contributed by atoms with Crippen molar-refractivity contribution in [2.24, 2.45) is 0 Å². The van der Waals surface area contributed by atoms with E-state index >= 15 is 0 Å². The lowest BCUT2D eigenvalue weighted by Crippen LogP contribution is -2.50. The van der Waals surface area contributed by atoms with Crippen LogP contribution in [0.15, 0.2) is 70.0 Å². The maximum absolute atomic E-state index is 14.0. The summed E-state index contributed by atoms with van der Waals surface area (Å²) in [6, 6.07) is 14.8. The molecule has 1 aliphatic rings. The lowest BCUT2D eigenvalue weighted by molar-refractivity contribution is -0.384. The number of nitro benzene ring substituents is 1. The fourth-order valence-electron chi connectivity index (χ4n) is 4.17. The largest absolute Gasteiger partial charge is 0.496 e. The summed E-state index contributed by atoms with van der Waals surface area (Å²) in [5.41, 5.74) is 1.14. The minimum absolute atomic E-state index is 0.0562. The highest BCUT2D eigenvalue weighted by atomic mass is 79.9. The number of hydrogen-bond donors (Lipinski definition) is 1. The zero-order valence-electron chi connectivity index (χ0n) is 20.0. The number of benzene rings is 3. The Balaban J connectivity index is 1.77. The van der Waals surface area contributed by atoms with Gasteiger partial charge in [0, 0.05) is 11.0 Å². The lowest BCUT2D eigenvalue weighted by Gasteiger charge is -2.35. The number of hydrogen-bond acceptors (Lipinski definition) is 7. The second kappa shape index (κ2) is 10.9. The van der Waals surface area contributed by atoms with Crippen molar-refractivity contribution in [2.75, 3.05) is 19.0 Å². The summed E-state index contributed by atoms with van der Waals surface area (Å²) in [4.78, 5) is 24.5. The first-order valence-corrected chi connectivity index (χ1v) is 13.5. The number of ether oxygens (including phenoxy) is 2. The number of sulfonamides is 1. The van der Waals surface area contributed by atoms with Gasteiger partial charge in [-0.05, 0) is 54.8 Å². The van der Waals surface area contributed by atoms with Gasteiger partial charge in [0.05, 0.1) is 24.7 Å². The SMILES string of the molecule is CCOc1ccc(Br)cc1S(=O)(=O)N1Cc2ccccc2C[C@H]1C(=O)Nc1ccc(OC)cc1[N+](=O)[O-]. The molecule has 0 fully saturated rings. The predicted molar refractivity (Wildman–Crippen MR) is 140 cm³/mol. The fraction of sp³-hybridized carbons (Fsp3) is 0.240. The summed E-state index contributed by atoms with van der Waals surface area (Å²) in [7, 11) is -2.87. The smallest absolute Gasteiger partial charge is 0.296 e. The zero-order chi connectivity index (χ0) is 26.7. The van der Waals surface area contributed by atoms with Gasteiger partial charge >= 0.3 is 0 Å². The van der Waals surface area contributed by atoms with Crippen LogP contribution in [0.1, 0.15) is 18.1 Å². The normalized spacial score (nSPS) is 15.5. The van der Waals surface area contributed by atoms with Gasteiger partial charge in [-0.25, -0.2) is 8.42 Å². The molecule has 0 aliphatic carbocycles. The van der Waals surface area contributed by atoms with E-state index in [1.807, 2.05) is 18.2 Å². The van der Waals surface area contributed by atoms with E-state index in [1.165, 1.54) is 31.4 Å². The van der Waals surface area contributed by atoms with Gasteiger partial charge in [0.15, 0.2) is 0 Å². The van der Waals surface area contributed by atoms with Gasteiger partial charge in [0.25, 0.3) is 5.69 Å². The number of nitrogens with one attached hydrogen (secondary N) is 1. The molecule has 1 heterocycles. The molecule has 1 aliphatic heterocycles. The molecule has 0 unspecified atom stereocenters. The standard InChI is InChI=1S/C25H24BrN3O7S/c1-3-36-23-11-8-18(26)13-24(23)37(33,34)28-15-17-7-5-4-6-16(17)12-22(28)25(30)27-20-10-9-19(35-2)14-21(20)29(31)32/h4-11,13-14,22H,3,12,15H2,1-2H3,(H,27,30)/t22-/m0/s1. The number of fused-ring (bicyclic) bond motifs is 1. The average Bonchev–Trinajstić information content (AvgIpc) is 2.89. The maximum atomic E-state index is 14.0. The molecule has 0 saturated carbocycles. The number of carbonyl (C=O) groups excluding carboxylic acids is 1. The molecule has 1 amide bonds. The Morgan fingerprint density at radius 2 is 1.89 bits per heavy atom. The van der Waals surface area contributed by atoms with Gasteiger partial charge < -0.3 is 14.8 Å². The summed E-state index contributed by atoms with van der Waals surface area (Å²) < 4.78 is 40.3. The fourth-order valence-corrected chi connectivity index (χ4v) is 6.41. The molecule has 0 saturated heterocycles.